The van der Waals surface area contributed by atoms with E-state index in [1.807, 2.05) is 0 Å². The van der Waals surface area contributed by atoms with Gasteiger partial charge in [-0.3, -0.25) is 0 Å². The first-order valence-electron chi connectivity index (χ1n) is 4.83. The molecule has 0 saturated carbocycles. The zero-order chi connectivity index (χ0) is 9.97. The van der Waals surface area contributed by atoms with Crippen LogP contribution in [0.25, 0.3) is 0 Å². The SMILES string of the molecule is Cc1c(Br)cccc1COC1CNC1. The van der Waals surface area contributed by atoms with Gasteiger partial charge in [-0.05, 0) is 24.1 Å². The van der Waals surface area contributed by atoms with Gasteiger partial charge < -0.3 is 10.1 Å². The standard InChI is InChI=1S/C11H14BrNO/c1-8-9(3-2-4-11(8)12)7-14-10-5-13-6-10/h2-4,10,13H,5-7H2,1H3. The lowest BCUT2D eigenvalue weighted by Gasteiger charge is -2.27. The van der Waals surface area contributed by atoms with Crippen molar-refractivity contribution in [3.8, 4) is 0 Å². The topological polar surface area (TPSA) is 21.3 Å². The first-order valence-corrected chi connectivity index (χ1v) is 5.63. The molecule has 0 aliphatic carbocycles. The van der Waals surface area contributed by atoms with Crippen LogP contribution >= 0.6 is 15.9 Å². The molecule has 1 aliphatic heterocycles. The van der Waals surface area contributed by atoms with Gasteiger partial charge in [-0.25, -0.2) is 0 Å². The van der Waals surface area contributed by atoms with E-state index in [1.165, 1.54) is 11.1 Å². The van der Waals surface area contributed by atoms with Crippen LogP contribution in [0.2, 0.25) is 0 Å². The Morgan fingerprint density at radius 3 is 2.93 bits per heavy atom. The molecule has 1 aromatic rings. The lowest BCUT2D eigenvalue weighted by Crippen LogP contribution is -2.48. The monoisotopic (exact) mass is 255 g/mol. The molecule has 0 amide bonds. The highest BCUT2D eigenvalue weighted by Gasteiger charge is 2.17. The maximum atomic E-state index is 5.72. The van der Waals surface area contributed by atoms with Gasteiger partial charge >= 0.3 is 0 Å². The maximum Gasteiger partial charge on any atom is 0.0828 e. The normalized spacial score (nSPS) is 16.7. The molecular weight excluding hydrogens is 242 g/mol. The van der Waals surface area contributed by atoms with E-state index in [4.69, 9.17) is 4.74 Å². The summed E-state index contributed by atoms with van der Waals surface area (Å²) in [7, 11) is 0. The Bertz CT molecular complexity index is 323. The molecule has 2 rings (SSSR count). The minimum Gasteiger partial charge on any atom is -0.371 e. The summed E-state index contributed by atoms with van der Waals surface area (Å²) in [4.78, 5) is 0. The molecule has 0 atom stereocenters. The number of benzene rings is 1. The quantitative estimate of drug-likeness (QED) is 0.895. The highest BCUT2D eigenvalue weighted by molar-refractivity contribution is 9.10. The minimum atomic E-state index is 0.411. The second-order valence-electron chi connectivity index (χ2n) is 3.62. The molecule has 1 N–H and O–H groups in total. The van der Waals surface area contributed by atoms with Crippen LogP contribution in [0.4, 0.5) is 0 Å². The van der Waals surface area contributed by atoms with Crippen LogP contribution in [-0.2, 0) is 11.3 Å². The van der Waals surface area contributed by atoms with Crippen molar-refractivity contribution >= 4 is 15.9 Å². The van der Waals surface area contributed by atoms with E-state index in [2.05, 4.69) is 46.4 Å². The van der Waals surface area contributed by atoms with Crippen molar-refractivity contribution in [2.75, 3.05) is 13.1 Å². The van der Waals surface area contributed by atoms with Gasteiger partial charge in [0.25, 0.3) is 0 Å². The van der Waals surface area contributed by atoms with Crippen LogP contribution in [0.1, 0.15) is 11.1 Å². The summed E-state index contributed by atoms with van der Waals surface area (Å²) in [5.74, 6) is 0. The lowest BCUT2D eigenvalue weighted by molar-refractivity contribution is 0.00735. The minimum absolute atomic E-state index is 0.411. The molecular formula is C11H14BrNO. The summed E-state index contributed by atoms with van der Waals surface area (Å²) >= 11 is 3.52. The lowest BCUT2D eigenvalue weighted by atomic mass is 10.1. The molecule has 1 aliphatic rings. The van der Waals surface area contributed by atoms with E-state index in [0.29, 0.717) is 6.10 Å². The van der Waals surface area contributed by atoms with E-state index in [0.717, 1.165) is 24.2 Å². The Kier molecular flexibility index (Phi) is 3.21. The number of nitrogens with one attached hydrogen (secondary N) is 1. The fraction of sp³-hybridized carbons (Fsp3) is 0.455. The number of hydrogen-bond acceptors (Lipinski definition) is 2. The van der Waals surface area contributed by atoms with Crippen molar-refractivity contribution < 1.29 is 4.74 Å². The second-order valence-corrected chi connectivity index (χ2v) is 4.47. The Morgan fingerprint density at radius 2 is 2.29 bits per heavy atom. The van der Waals surface area contributed by atoms with Crippen molar-refractivity contribution in [2.45, 2.75) is 19.6 Å². The third-order valence-electron chi connectivity index (χ3n) is 2.60. The molecule has 3 heteroatoms. The summed E-state index contributed by atoms with van der Waals surface area (Å²) < 4.78 is 6.87. The van der Waals surface area contributed by atoms with Crippen molar-refractivity contribution in [1.29, 1.82) is 0 Å². The van der Waals surface area contributed by atoms with E-state index in [1.54, 1.807) is 0 Å². The molecule has 76 valence electrons. The van der Waals surface area contributed by atoms with Crippen LogP contribution in [0, 0.1) is 6.92 Å². The van der Waals surface area contributed by atoms with Gasteiger partial charge in [-0.2, -0.15) is 0 Å². The van der Waals surface area contributed by atoms with Crippen LogP contribution in [0.3, 0.4) is 0 Å². The van der Waals surface area contributed by atoms with Gasteiger partial charge in [-0.1, -0.05) is 28.1 Å². The molecule has 2 nitrogen and oxygen atoms in total. The van der Waals surface area contributed by atoms with E-state index < -0.39 is 0 Å². The highest BCUT2D eigenvalue weighted by atomic mass is 79.9. The molecule has 1 fully saturated rings. The fourth-order valence-corrected chi connectivity index (χ4v) is 1.80. The second kappa shape index (κ2) is 4.43. The van der Waals surface area contributed by atoms with Crippen LogP contribution in [0.15, 0.2) is 22.7 Å². The highest BCUT2D eigenvalue weighted by Crippen LogP contribution is 2.20. The van der Waals surface area contributed by atoms with Gasteiger partial charge in [0.15, 0.2) is 0 Å². The third kappa shape index (κ3) is 2.16. The third-order valence-corrected chi connectivity index (χ3v) is 3.46. The van der Waals surface area contributed by atoms with Gasteiger partial charge in [-0.15, -0.1) is 0 Å². The van der Waals surface area contributed by atoms with Gasteiger partial charge in [0.2, 0.25) is 0 Å². The van der Waals surface area contributed by atoms with E-state index >= 15 is 0 Å². The average Bonchev–Trinajstić information content (AvgIpc) is 2.09. The predicted octanol–water partition coefficient (Wildman–Crippen LogP) is 2.25. The molecule has 1 saturated heterocycles. The smallest absolute Gasteiger partial charge is 0.0828 e. The molecule has 0 spiro atoms. The number of rotatable bonds is 3. The maximum absolute atomic E-state index is 5.72. The van der Waals surface area contributed by atoms with Crippen LogP contribution in [-0.4, -0.2) is 19.2 Å². The van der Waals surface area contributed by atoms with Crippen molar-refractivity contribution in [3.05, 3.63) is 33.8 Å². The Balaban J connectivity index is 1.97. The molecule has 0 unspecified atom stereocenters. The zero-order valence-corrected chi connectivity index (χ0v) is 9.80. The molecule has 14 heavy (non-hydrogen) atoms. The van der Waals surface area contributed by atoms with Crippen LogP contribution < -0.4 is 5.32 Å². The van der Waals surface area contributed by atoms with Crippen LogP contribution in [0.5, 0.6) is 0 Å². The average molecular weight is 256 g/mol. The number of ether oxygens (including phenoxy) is 1. The summed E-state index contributed by atoms with van der Waals surface area (Å²) in [6.45, 7) is 4.82. The molecule has 1 heterocycles. The summed E-state index contributed by atoms with van der Waals surface area (Å²) in [5, 5.41) is 3.19. The first-order chi connectivity index (χ1) is 6.77. The Labute approximate surface area is 92.8 Å². The molecule has 0 bridgehead atoms. The summed E-state index contributed by atoms with van der Waals surface area (Å²) in [6.07, 6.45) is 0.411. The largest absolute Gasteiger partial charge is 0.371 e. The van der Waals surface area contributed by atoms with Crippen molar-refractivity contribution in [1.82, 2.24) is 5.32 Å². The zero-order valence-electron chi connectivity index (χ0n) is 8.22. The molecule has 0 radical (unpaired) electrons. The summed E-state index contributed by atoms with van der Waals surface area (Å²) in [5.41, 5.74) is 2.55. The number of halogens is 1. The van der Waals surface area contributed by atoms with Crippen molar-refractivity contribution in [3.63, 3.8) is 0 Å². The molecule has 1 aromatic carbocycles. The fourth-order valence-electron chi connectivity index (χ4n) is 1.40. The van der Waals surface area contributed by atoms with Gasteiger partial charge in [0, 0.05) is 17.6 Å². The first kappa shape index (κ1) is 10.1. The summed E-state index contributed by atoms with van der Waals surface area (Å²) in [6, 6.07) is 6.23. The Morgan fingerprint density at radius 1 is 1.50 bits per heavy atom. The van der Waals surface area contributed by atoms with Crippen molar-refractivity contribution in [2.24, 2.45) is 0 Å². The van der Waals surface area contributed by atoms with Gasteiger partial charge in [0.05, 0.1) is 12.7 Å². The Hall–Kier alpha value is -0.380. The predicted molar refractivity (Wildman–Crippen MR) is 60.3 cm³/mol. The number of hydrogen-bond donors (Lipinski definition) is 1. The molecule has 0 aromatic heterocycles. The van der Waals surface area contributed by atoms with E-state index in [-0.39, 0.29) is 0 Å². The van der Waals surface area contributed by atoms with Gasteiger partial charge in [0.1, 0.15) is 0 Å². The van der Waals surface area contributed by atoms with E-state index in [9.17, 15) is 0 Å².